The highest BCUT2D eigenvalue weighted by molar-refractivity contribution is 5.81. The monoisotopic (exact) mass is 211 g/mol. The number of hydrogen-bond donors (Lipinski definition) is 3. The van der Waals surface area contributed by atoms with Gasteiger partial charge < -0.3 is 16.4 Å². The first kappa shape index (κ1) is 11.4. The molecule has 0 aliphatic heterocycles. The average molecular weight is 211 g/mol. The number of nitrogen functional groups attached to an aromatic ring is 1. The Balaban J connectivity index is 2.43. The van der Waals surface area contributed by atoms with Crippen molar-refractivity contribution in [1.82, 2.24) is 15.1 Å². The summed E-state index contributed by atoms with van der Waals surface area (Å²) in [5.41, 5.74) is 6.19. The van der Waals surface area contributed by atoms with E-state index in [1.54, 1.807) is 17.9 Å². The van der Waals surface area contributed by atoms with Crippen LogP contribution in [0.25, 0.3) is 0 Å². The minimum atomic E-state index is -0.0740. The van der Waals surface area contributed by atoms with Crippen LogP contribution in [0.1, 0.15) is 13.8 Å². The number of nitrogens with one attached hydrogen (secondary N) is 2. The highest BCUT2D eigenvalue weighted by atomic mass is 16.1. The fourth-order valence-electron chi connectivity index (χ4n) is 1.18. The number of aryl methyl sites for hydroxylation is 1. The first-order valence-electron chi connectivity index (χ1n) is 4.81. The molecule has 0 unspecified atom stereocenters. The number of nitrogens with zero attached hydrogens (tertiary/aromatic N) is 2. The van der Waals surface area contributed by atoms with E-state index in [4.69, 9.17) is 5.73 Å². The molecular formula is C9H17N5O. The average Bonchev–Trinajstić information content (AvgIpc) is 2.40. The van der Waals surface area contributed by atoms with Gasteiger partial charge in [-0.1, -0.05) is 0 Å². The summed E-state index contributed by atoms with van der Waals surface area (Å²) >= 11 is 0. The van der Waals surface area contributed by atoms with Gasteiger partial charge in [-0.2, -0.15) is 5.10 Å². The van der Waals surface area contributed by atoms with Crippen molar-refractivity contribution in [3.05, 3.63) is 6.20 Å². The highest BCUT2D eigenvalue weighted by Crippen LogP contribution is 2.13. The Bertz CT molecular complexity index is 344. The van der Waals surface area contributed by atoms with Crippen molar-refractivity contribution in [2.75, 3.05) is 17.6 Å². The van der Waals surface area contributed by atoms with Gasteiger partial charge in [-0.05, 0) is 13.8 Å². The first-order chi connectivity index (χ1) is 6.99. The van der Waals surface area contributed by atoms with Crippen molar-refractivity contribution in [1.29, 1.82) is 0 Å². The lowest BCUT2D eigenvalue weighted by Gasteiger charge is -2.08. The Morgan fingerprint density at radius 2 is 2.33 bits per heavy atom. The van der Waals surface area contributed by atoms with Crippen molar-refractivity contribution in [3.8, 4) is 0 Å². The van der Waals surface area contributed by atoms with Crippen LogP contribution < -0.4 is 16.4 Å². The van der Waals surface area contributed by atoms with E-state index in [1.807, 2.05) is 13.8 Å². The molecule has 84 valence electrons. The minimum Gasteiger partial charge on any atom is -0.394 e. The zero-order chi connectivity index (χ0) is 11.4. The van der Waals surface area contributed by atoms with Gasteiger partial charge in [0.25, 0.3) is 0 Å². The maximum Gasteiger partial charge on any atom is 0.239 e. The lowest BCUT2D eigenvalue weighted by molar-refractivity contribution is -0.119. The molecule has 0 saturated heterocycles. The number of carbonyl (C=O) groups is 1. The Morgan fingerprint density at radius 1 is 1.67 bits per heavy atom. The topological polar surface area (TPSA) is 85.0 Å². The smallest absolute Gasteiger partial charge is 0.239 e. The van der Waals surface area contributed by atoms with Crippen molar-refractivity contribution >= 4 is 17.4 Å². The summed E-state index contributed by atoms with van der Waals surface area (Å²) in [6.07, 6.45) is 1.68. The summed E-state index contributed by atoms with van der Waals surface area (Å²) in [6, 6.07) is 0.139. The second kappa shape index (κ2) is 4.68. The molecule has 0 spiro atoms. The van der Waals surface area contributed by atoms with Gasteiger partial charge in [-0.15, -0.1) is 0 Å². The zero-order valence-corrected chi connectivity index (χ0v) is 9.24. The molecule has 0 aliphatic rings. The molecule has 0 saturated carbocycles. The molecule has 1 aromatic heterocycles. The van der Waals surface area contributed by atoms with Gasteiger partial charge in [-0.3, -0.25) is 9.48 Å². The van der Waals surface area contributed by atoms with Gasteiger partial charge in [0, 0.05) is 19.3 Å². The molecule has 1 heterocycles. The number of carbonyl (C=O) groups excluding carboxylic acids is 1. The van der Waals surface area contributed by atoms with Gasteiger partial charge in [0.1, 0.15) is 0 Å². The Kier molecular flexibility index (Phi) is 3.54. The van der Waals surface area contributed by atoms with E-state index in [2.05, 4.69) is 15.7 Å². The maximum atomic E-state index is 11.3. The molecule has 1 rings (SSSR count). The van der Waals surface area contributed by atoms with Crippen molar-refractivity contribution in [2.45, 2.75) is 19.9 Å². The fourth-order valence-corrected chi connectivity index (χ4v) is 1.18. The van der Waals surface area contributed by atoms with Crippen LogP contribution in [0.3, 0.4) is 0 Å². The van der Waals surface area contributed by atoms with E-state index in [1.165, 1.54) is 0 Å². The predicted octanol–water partition coefficient (Wildman–Crippen LogP) is -0.0612. The maximum absolute atomic E-state index is 11.3. The van der Waals surface area contributed by atoms with E-state index >= 15 is 0 Å². The molecule has 0 fully saturated rings. The Morgan fingerprint density at radius 3 is 2.80 bits per heavy atom. The second-order valence-electron chi connectivity index (χ2n) is 3.68. The van der Waals surface area contributed by atoms with E-state index in [0.29, 0.717) is 11.5 Å². The van der Waals surface area contributed by atoms with E-state index in [9.17, 15) is 4.79 Å². The van der Waals surface area contributed by atoms with Crippen LogP contribution >= 0.6 is 0 Å². The fraction of sp³-hybridized carbons (Fsp3) is 0.556. The number of hydrogen-bond acceptors (Lipinski definition) is 4. The third-order valence-electron chi connectivity index (χ3n) is 1.72. The predicted molar refractivity (Wildman–Crippen MR) is 59.4 cm³/mol. The summed E-state index contributed by atoms with van der Waals surface area (Å²) in [6.45, 7) is 4.00. The molecule has 1 amide bonds. The number of rotatable bonds is 4. The molecule has 15 heavy (non-hydrogen) atoms. The molecule has 0 aliphatic carbocycles. The molecule has 0 radical (unpaired) electrons. The van der Waals surface area contributed by atoms with Crippen LogP contribution in [0.5, 0.6) is 0 Å². The van der Waals surface area contributed by atoms with Crippen LogP contribution in [-0.2, 0) is 11.8 Å². The standard InChI is InChI=1S/C9H17N5O/c1-6(2)12-8(15)4-11-9-7(10)5-14(3)13-9/h5-6H,4,10H2,1-3H3,(H,11,13)(H,12,15). The van der Waals surface area contributed by atoms with E-state index in [-0.39, 0.29) is 18.5 Å². The van der Waals surface area contributed by atoms with Crippen LogP contribution in [-0.4, -0.2) is 28.3 Å². The number of nitrogens with two attached hydrogens (primary N) is 1. The number of aromatic nitrogens is 2. The largest absolute Gasteiger partial charge is 0.394 e. The molecule has 0 atom stereocenters. The SMILES string of the molecule is CC(C)NC(=O)CNc1nn(C)cc1N. The molecule has 0 aromatic carbocycles. The van der Waals surface area contributed by atoms with Crippen molar-refractivity contribution in [3.63, 3.8) is 0 Å². The molecule has 0 bridgehead atoms. The van der Waals surface area contributed by atoms with Crippen LogP contribution in [0.15, 0.2) is 6.20 Å². The second-order valence-corrected chi connectivity index (χ2v) is 3.68. The molecule has 1 aromatic rings. The normalized spacial score (nSPS) is 10.4. The lowest BCUT2D eigenvalue weighted by atomic mass is 10.4. The van der Waals surface area contributed by atoms with Crippen LogP contribution in [0.2, 0.25) is 0 Å². The third kappa shape index (κ3) is 3.49. The molecule has 6 nitrogen and oxygen atoms in total. The zero-order valence-electron chi connectivity index (χ0n) is 9.24. The van der Waals surface area contributed by atoms with Crippen LogP contribution in [0, 0.1) is 0 Å². The third-order valence-corrected chi connectivity index (χ3v) is 1.72. The van der Waals surface area contributed by atoms with E-state index in [0.717, 1.165) is 0 Å². The summed E-state index contributed by atoms with van der Waals surface area (Å²) in [5.74, 6) is 0.464. The van der Waals surface area contributed by atoms with Gasteiger partial charge >= 0.3 is 0 Å². The lowest BCUT2D eigenvalue weighted by Crippen LogP contribution is -2.35. The molecule has 4 N–H and O–H groups in total. The molecule has 6 heteroatoms. The summed E-state index contributed by atoms with van der Waals surface area (Å²) < 4.78 is 1.60. The van der Waals surface area contributed by atoms with Crippen molar-refractivity contribution < 1.29 is 4.79 Å². The Hall–Kier alpha value is -1.72. The summed E-state index contributed by atoms with van der Waals surface area (Å²) in [4.78, 5) is 11.3. The number of anilines is 2. The van der Waals surface area contributed by atoms with Gasteiger partial charge in [0.15, 0.2) is 5.82 Å². The van der Waals surface area contributed by atoms with Gasteiger partial charge in [0.05, 0.1) is 12.2 Å². The van der Waals surface area contributed by atoms with Crippen molar-refractivity contribution in [2.24, 2.45) is 7.05 Å². The minimum absolute atomic E-state index is 0.0740. The number of amides is 1. The van der Waals surface area contributed by atoms with Crippen LogP contribution in [0.4, 0.5) is 11.5 Å². The quantitative estimate of drug-likeness (QED) is 0.651. The van der Waals surface area contributed by atoms with Gasteiger partial charge in [0.2, 0.25) is 5.91 Å². The first-order valence-corrected chi connectivity index (χ1v) is 4.81. The Labute approximate surface area is 88.8 Å². The van der Waals surface area contributed by atoms with Gasteiger partial charge in [-0.25, -0.2) is 0 Å². The molecular weight excluding hydrogens is 194 g/mol. The van der Waals surface area contributed by atoms with E-state index < -0.39 is 0 Å². The summed E-state index contributed by atoms with van der Waals surface area (Å²) in [7, 11) is 1.77. The highest BCUT2D eigenvalue weighted by Gasteiger charge is 2.06. The summed E-state index contributed by atoms with van der Waals surface area (Å²) in [5, 5.41) is 9.69.